The number of rotatable bonds is 6. The van der Waals surface area contributed by atoms with Gasteiger partial charge >= 0.3 is 0 Å². The summed E-state index contributed by atoms with van der Waals surface area (Å²) in [5.74, 6) is -0.722. The van der Waals surface area contributed by atoms with Crippen molar-refractivity contribution >= 4 is 40.6 Å². The van der Waals surface area contributed by atoms with Gasteiger partial charge in [0.25, 0.3) is 11.1 Å². The van der Waals surface area contributed by atoms with E-state index in [1.54, 1.807) is 6.08 Å². The van der Waals surface area contributed by atoms with Crippen molar-refractivity contribution < 1.29 is 14.4 Å². The van der Waals surface area contributed by atoms with E-state index in [0.29, 0.717) is 11.4 Å². The summed E-state index contributed by atoms with van der Waals surface area (Å²) >= 11 is 0.880. The number of imide groups is 1. The van der Waals surface area contributed by atoms with Crippen LogP contribution < -0.4 is 10.2 Å². The summed E-state index contributed by atoms with van der Waals surface area (Å²) in [7, 11) is 0. The third kappa shape index (κ3) is 4.27. The van der Waals surface area contributed by atoms with E-state index >= 15 is 0 Å². The SMILES string of the molecule is CCCNC(=O)CN1C(=O)S/C(=C\c2ccc(N3CCCC3)cc2)C1=O. The van der Waals surface area contributed by atoms with E-state index in [4.69, 9.17) is 0 Å². The minimum Gasteiger partial charge on any atom is -0.372 e. The first-order valence-electron chi connectivity index (χ1n) is 8.95. The number of hydrogen-bond donors (Lipinski definition) is 1. The standard InChI is InChI=1S/C19H23N3O3S/c1-2-9-20-17(23)13-22-18(24)16(26-19(22)25)12-14-5-7-15(8-6-14)21-10-3-4-11-21/h5-8,12H,2-4,9-11,13H2,1H3,(H,20,23)/b16-12-. The Morgan fingerprint density at radius 1 is 1.19 bits per heavy atom. The third-order valence-electron chi connectivity index (χ3n) is 4.41. The molecule has 0 aromatic heterocycles. The lowest BCUT2D eigenvalue weighted by molar-refractivity contribution is -0.129. The first-order chi connectivity index (χ1) is 12.6. The van der Waals surface area contributed by atoms with Gasteiger partial charge in [0.15, 0.2) is 0 Å². The fourth-order valence-electron chi connectivity index (χ4n) is 3.01. The molecule has 0 unspecified atom stereocenters. The van der Waals surface area contributed by atoms with Crippen molar-refractivity contribution in [2.24, 2.45) is 0 Å². The summed E-state index contributed by atoms with van der Waals surface area (Å²) in [5, 5.41) is 2.28. The third-order valence-corrected chi connectivity index (χ3v) is 5.32. The Morgan fingerprint density at radius 2 is 1.88 bits per heavy atom. The summed E-state index contributed by atoms with van der Waals surface area (Å²) in [5.41, 5.74) is 2.05. The Balaban J connectivity index is 1.66. The van der Waals surface area contributed by atoms with Crippen LogP contribution >= 0.6 is 11.8 Å². The highest BCUT2D eigenvalue weighted by Crippen LogP contribution is 2.32. The number of benzene rings is 1. The molecule has 7 heteroatoms. The molecule has 1 aromatic carbocycles. The van der Waals surface area contributed by atoms with Crippen molar-refractivity contribution in [2.75, 3.05) is 31.1 Å². The fraction of sp³-hybridized carbons (Fsp3) is 0.421. The summed E-state index contributed by atoms with van der Waals surface area (Å²) in [4.78, 5) is 40.0. The van der Waals surface area contributed by atoms with Gasteiger partial charge in [-0.05, 0) is 54.8 Å². The molecule has 2 aliphatic rings. The lowest BCUT2D eigenvalue weighted by atomic mass is 10.2. The zero-order chi connectivity index (χ0) is 18.5. The molecule has 138 valence electrons. The molecule has 0 atom stereocenters. The number of carbonyl (C=O) groups is 3. The Morgan fingerprint density at radius 3 is 2.54 bits per heavy atom. The summed E-state index contributed by atoms with van der Waals surface area (Å²) in [6.45, 7) is 4.42. The smallest absolute Gasteiger partial charge is 0.294 e. The Labute approximate surface area is 157 Å². The van der Waals surface area contributed by atoms with Gasteiger partial charge < -0.3 is 10.2 Å². The molecule has 2 aliphatic heterocycles. The largest absolute Gasteiger partial charge is 0.372 e. The van der Waals surface area contributed by atoms with Crippen molar-refractivity contribution in [1.82, 2.24) is 10.2 Å². The van der Waals surface area contributed by atoms with Gasteiger partial charge in [-0.3, -0.25) is 19.3 Å². The maximum Gasteiger partial charge on any atom is 0.294 e. The van der Waals surface area contributed by atoms with E-state index in [-0.39, 0.29) is 12.5 Å². The van der Waals surface area contributed by atoms with Crippen molar-refractivity contribution in [3.8, 4) is 0 Å². The molecule has 26 heavy (non-hydrogen) atoms. The Kier molecular flexibility index (Phi) is 5.98. The zero-order valence-electron chi connectivity index (χ0n) is 14.9. The second-order valence-electron chi connectivity index (χ2n) is 6.40. The molecule has 3 amide bonds. The van der Waals surface area contributed by atoms with Gasteiger partial charge in [-0.15, -0.1) is 0 Å². The van der Waals surface area contributed by atoms with E-state index in [0.717, 1.165) is 41.7 Å². The number of nitrogens with one attached hydrogen (secondary N) is 1. The van der Waals surface area contributed by atoms with Gasteiger partial charge in [0.05, 0.1) is 4.91 Å². The molecule has 1 N–H and O–H groups in total. The van der Waals surface area contributed by atoms with Gasteiger partial charge in [0.2, 0.25) is 5.91 Å². The molecule has 3 rings (SSSR count). The summed E-state index contributed by atoms with van der Waals surface area (Å²) in [6.07, 6.45) is 4.96. The molecule has 0 spiro atoms. The van der Waals surface area contributed by atoms with Crippen LogP contribution in [0.1, 0.15) is 31.7 Å². The molecular formula is C19H23N3O3S. The molecule has 0 saturated carbocycles. The lowest BCUT2D eigenvalue weighted by Crippen LogP contribution is -2.39. The minimum atomic E-state index is -0.407. The number of amides is 3. The van der Waals surface area contributed by atoms with Crippen LogP contribution in [0.4, 0.5) is 10.5 Å². The number of hydrogen-bond acceptors (Lipinski definition) is 5. The highest BCUT2D eigenvalue weighted by molar-refractivity contribution is 8.18. The maximum absolute atomic E-state index is 12.4. The second-order valence-corrected chi connectivity index (χ2v) is 7.40. The van der Waals surface area contributed by atoms with Crippen LogP contribution in [0.3, 0.4) is 0 Å². The Hall–Kier alpha value is -2.28. The van der Waals surface area contributed by atoms with Crippen molar-refractivity contribution in [3.05, 3.63) is 34.7 Å². The van der Waals surface area contributed by atoms with Crippen molar-refractivity contribution in [3.63, 3.8) is 0 Å². The van der Waals surface area contributed by atoms with Crippen molar-refractivity contribution in [2.45, 2.75) is 26.2 Å². The first kappa shape index (κ1) is 18.5. The predicted molar refractivity (Wildman–Crippen MR) is 104 cm³/mol. The number of nitrogens with zero attached hydrogens (tertiary/aromatic N) is 2. The predicted octanol–water partition coefficient (Wildman–Crippen LogP) is 2.85. The molecule has 0 aliphatic carbocycles. The average molecular weight is 373 g/mol. The molecule has 2 saturated heterocycles. The second kappa shape index (κ2) is 8.40. The molecular weight excluding hydrogens is 350 g/mol. The normalized spacial score (nSPS) is 18.9. The van der Waals surface area contributed by atoms with Crippen LogP contribution in [0.2, 0.25) is 0 Å². The number of anilines is 1. The lowest BCUT2D eigenvalue weighted by Gasteiger charge is -2.17. The van der Waals surface area contributed by atoms with Gasteiger partial charge in [-0.1, -0.05) is 19.1 Å². The van der Waals surface area contributed by atoms with E-state index in [2.05, 4.69) is 10.2 Å². The molecule has 1 aromatic rings. The number of carbonyl (C=O) groups excluding carboxylic acids is 3. The molecule has 0 radical (unpaired) electrons. The topological polar surface area (TPSA) is 69.7 Å². The van der Waals surface area contributed by atoms with Gasteiger partial charge in [0, 0.05) is 25.3 Å². The Bertz CT molecular complexity index is 724. The quantitative estimate of drug-likeness (QED) is 0.777. The molecule has 0 bridgehead atoms. The molecule has 6 nitrogen and oxygen atoms in total. The van der Waals surface area contributed by atoms with Crippen molar-refractivity contribution in [1.29, 1.82) is 0 Å². The molecule has 2 heterocycles. The van der Waals surface area contributed by atoms with Gasteiger partial charge in [0.1, 0.15) is 6.54 Å². The maximum atomic E-state index is 12.4. The zero-order valence-corrected chi connectivity index (χ0v) is 15.7. The summed E-state index contributed by atoms with van der Waals surface area (Å²) < 4.78 is 0. The van der Waals surface area contributed by atoms with Crippen LogP contribution in [0.25, 0.3) is 6.08 Å². The van der Waals surface area contributed by atoms with Crippen LogP contribution in [0.15, 0.2) is 29.2 Å². The highest BCUT2D eigenvalue weighted by atomic mass is 32.2. The van der Waals surface area contributed by atoms with E-state index in [9.17, 15) is 14.4 Å². The van der Waals surface area contributed by atoms with Gasteiger partial charge in [-0.2, -0.15) is 0 Å². The highest BCUT2D eigenvalue weighted by Gasteiger charge is 2.36. The van der Waals surface area contributed by atoms with E-state index in [1.807, 2.05) is 31.2 Å². The minimum absolute atomic E-state index is 0.226. The first-order valence-corrected chi connectivity index (χ1v) is 9.77. The van der Waals surface area contributed by atoms with Crippen LogP contribution in [-0.4, -0.2) is 48.1 Å². The van der Waals surface area contributed by atoms with E-state index in [1.165, 1.54) is 18.5 Å². The van der Waals surface area contributed by atoms with Crippen LogP contribution in [-0.2, 0) is 9.59 Å². The van der Waals surface area contributed by atoms with Crippen LogP contribution in [0, 0.1) is 0 Å². The monoisotopic (exact) mass is 373 g/mol. The summed E-state index contributed by atoms with van der Waals surface area (Å²) in [6, 6.07) is 7.99. The van der Waals surface area contributed by atoms with Crippen LogP contribution in [0.5, 0.6) is 0 Å². The van der Waals surface area contributed by atoms with E-state index < -0.39 is 11.1 Å². The molecule has 2 fully saturated rings. The number of thioether (sulfide) groups is 1. The fourth-order valence-corrected chi connectivity index (χ4v) is 3.85. The average Bonchev–Trinajstić information content (AvgIpc) is 3.26. The van der Waals surface area contributed by atoms with Gasteiger partial charge in [-0.25, -0.2) is 0 Å².